The van der Waals surface area contributed by atoms with E-state index in [9.17, 15) is 9.59 Å². The highest BCUT2D eigenvalue weighted by atomic mass is 16.5. The molecule has 0 radical (unpaired) electrons. The van der Waals surface area contributed by atoms with E-state index in [2.05, 4.69) is 39.9 Å². The van der Waals surface area contributed by atoms with Crippen LogP contribution in [0, 0.1) is 0 Å². The predicted molar refractivity (Wildman–Crippen MR) is 110 cm³/mol. The number of hydrogen-bond donors (Lipinski definition) is 1. The van der Waals surface area contributed by atoms with Gasteiger partial charge in [0, 0.05) is 12.8 Å². The summed E-state index contributed by atoms with van der Waals surface area (Å²) in [6.07, 6.45) is 2.91. The van der Waals surface area contributed by atoms with Crippen LogP contribution in [0.3, 0.4) is 0 Å². The second-order valence-electron chi connectivity index (χ2n) is 7.86. The smallest absolute Gasteiger partial charge is 0.407 e. The molecule has 152 valence electrons. The Morgan fingerprint density at radius 1 is 1.07 bits per heavy atom. The van der Waals surface area contributed by atoms with Gasteiger partial charge >= 0.3 is 6.09 Å². The number of carbonyl (C=O) groups excluding carboxylic acids is 2. The van der Waals surface area contributed by atoms with Crippen molar-refractivity contribution in [1.82, 2.24) is 20.3 Å². The van der Waals surface area contributed by atoms with E-state index < -0.39 is 6.09 Å². The molecule has 2 atom stereocenters. The zero-order chi connectivity index (χ0) is 20.7. The Hall–Kier alpha value is -3.48. The lowest BCUT2D eigenvalue weighted by Gasteiger charge is -2.36. The van der Waals surface area contributed by atoms with Gasteiger partial charge in [0.25, 0.3) is 0 Å². The normalized spacial score (nSPS) is 19.5. The van der Waals surface area contributed by atoms with Gasteiger partial charge in [0.2, 0.25) is 0 Å². The minimum atomic E-state index is -0.432. The number of nitrogens with one attached hydrogen (secondary N) is 1. The van der Waals surface area contributed by atoms with Gasteiger partial charge in [0.1, 0.15) is 12.3 Å². The van der Waals surface area contributed by atoms with Crippen LogP contribution in [-0.2, 0) is 4.74 Å². The van der Waals surface area contributed by atoms with E-state index in [-0.39, 0.29) is 30.4 Å². The van der Waals surface area contributed by atoms with Crippen molar-refractivity contribution in [2.45, 2.75) is 37.8 Å². The van der Waals surface area contributed by atoms with Crippen LogP contribution < -0.4 is 5.32 Å². The maximum Gasteiger partial charge on any atom is 0.407 e. The van der Waals surface area contributed by atoms with Crippen LogP contribution in [-0.4, -0.2) is 39.5 Å². The third kappa shape index (κ3) is 3.16. The summed E-state index contributed by atoms with van der Waals surface area (Å²) in [7, 11) is 0. The molecule has 5 rings (SSSR count). The van der Waals surface area contributed by atoms with Gasteiger partial charge in [-0.1, -0.05) is 53.7 Å². The summed E-state index contributed by atoms with van der Waals surface area (Å²) in [5.74, 6) is -0.0876. The van der Waals surface area contributed by atoms with Crippen LogP contribution in [0.1, 0.15) is 53.3 Å². The molecule has 0 aliphatic heterocycles. The molecule has 2 unspecified atom stereocenters. The zero-order valence-corrected chi connectivity index (χ0v) is 16.6. The standard InChI is InChI=1S/C23H22N4O3/c1-14(28)21-12-27(26-25-21)22-11-10-20(22)24-23(29)30-13-19-17-8-4-2-6-15(17)16-7-3-5-9-18(16)19/h2-9,12,19-20,22H,10-11,13H2,1H3,(H,24,29). The largest absolute Gasteiger partial charge is 0.449 e. The molecule has 1 heterocycles. The van der Waals surface area contributed by atoms with E-state index >= 15 is 0 Å². The Morgan fingerprint density at radius 2 is 1.73 bits per heavy atom. The molecule has 0 bridgehead atoms. The molecular formula is C23H22N4O3. The van der Waals surface area contributed by atoms with Crippen molar-refractivity contribution in [2.24, 2.45) is 0 Å². The van der Waals surface area contributed by atoms with E-state index in [4.69, 9.17) is 4.74 Å². The molecule has 2 aliphatic carbocycles. The molecule has 3 aromatic rings. The first-order valence-electron chi connectivity index (χ1n) is 10.2. The number of ether oxygens (including phenoxy) is 1. The van der Waals surface area contributed by atoms with E-state index in [1.54, 1.807) is 10.9 Å². The van der Waals surface area contributed by atoms with Gasteiger partial charge in [-0.3, -0.25) is 4.79 Å². The Bertz CT molecular complexity index is 1080. The number of aromatic nitrogens is 3. The van der Waals surface area contributed by atoms with Gasteiger partial charge in [-0.2, -0.15) is 0 Å². The molecule has 1 N–H and O–H groups in total. The first-order valence-corrected chi connectivity index (χ1v) is 10.2. The molecule has 0 spiro atoms. The van der Waals surface area contributed by atoms with Crippen LogP contribution in [0.25, 0.3) is 11.1 Å². The average Bonchev–Trinajstić information content (AvgIpc) is 3.33. The summed E-state index contributed by atoms with van der Waals surface area (Å²) < 4.78 is 7.29. The van der Waals surface area contributed by atoms with Gasteiger partial charge in [0.15, 0.2) is 5.78 Å². The fourth-order valence-corrected chi connectivity index (χ4v) is 4.36. The SMILES string of the molecule is CC(=O)c1cn(C2CCC2NC(=O)OCC2c3ccccc3-c3ccccc32)nn1. The van der Waals surface area contributed by atoms with Crippen LogP contribution >= 0.6 is 0 Å². The fraction of sp³-hybridized carbons (Fsp3) is 0.304. The third-order valence-electron chi connectivity index (χ3n) is 6.10. The minimum Gasteiger partial charge on any atom is -0.449 e. The number of alkyl carbamates (subject to hydrolysis) is 1. The number of benzene rings is 2. The molecule has 1 saturated carbocycles. The van der Waals surface area contributed by atoms with Gasteiger partial charge < -0.3 is 10.1 Å². The second kappa shape index (κ2) is 7.40. The summed E-state index contributed by atoms with van der Waals surface area (Å²) in [4.78, 5) is 23.9. The van der Waals surface area contributed by atoms with Gasteiger partial charge in [-0.25, -0.2) is 9.48 Å². The molecule has 1 amide bonds. The number of nitrogens with zero attached hydrogens (tertiary/aromatic N) is 3. The molecule has 7 nitrogen and oxygen atoms in total. The summed E-state index contributed by atoms with van der Waals surface area (Å²) >= 11 is 0. The summed E-state index contributed by atoms with van der Waals surface area (Å²) in [5.41, 5.74) is 5.11. The van der Waals surface area contributed by atoms with E-state index in [1.807, 2.05) is 24.3 Å². The number of amides is 1. The third-order valence-corrected chi connectivity index (χ3v) is 6.10. The Labute approximate surface area is 174 Å². The molecular weight excluding hydrogens is 380 g/mol. The Kier molecular flexibility index (Phi) is 4.58. The molecule has 1 aromatic heterocycles. The van der Waals surface area contributed by atoms with Crippen LogP contribution in [0.2, 0.25) is 0 Å². The first-order chi connectivity index (χ1) is 14.6. The summed E-state index contributed by atoms with van der Waals surface area (Å²) in [5, 5.41) is 10.9. The maximum absolute atomic E-state index is 12.5. The van der Waals surface area contributed by atoms with Crippen molar-refractivity contribution in [3.05, 3.63) is 71.5 Å². The van der Waals surface area contributed by atoms with Crippen LogP contribution in [0.5, 0.6) is 0 Å². The van der Waals surface area contributed by atoms with Gasteiger partial charge in [-0.15, -0.1) is 5.10 Å². The number of rotatable bonds is 5. The van der Waals surface area contributed by atoms with E-state index in [0.29, 0.717) is 5.69 Å². The highest BCUT2D eigenvalue weighted by Crippen LogP contribution is 2.44. The van der Waals surface area contributed by atoms with Crippen molar-refractivity contribution in [2.75, 3.05) is 6.61 Å². The van der Waals surface area contributed by atoms with Crippen molar-refractivity contribution in [3.8, 4) is 11.1 Å². The number of Topliss-reactive ketones (excluding diaryl/α,β-unsaturated/α-hetero) is 1. The highest BCUT2D eigenvalue weighted by molar-refractivity contribution is 5.91. The Balaban J connectivity index is 1.23. The van der Waals surface area contributed by atoms with E-state index in [0.717, 1.165) is 12.8 Å². The number of fused-ring (bicyclic) bond motifs is 3. The molecule has 7 heteroatoms. The van der Waals surface area contributed by atoms with Crippen LogP contribution in [0.15, 0.2) is 54.7 Å². The van der Waals surface area contributed by atoms with Gasteiger partial charge in [-0.05, 0) is 35.1 Å². The fourth-order valence-electron chi connectivity index (χ4n) is 4.36. The van der Waals surface area contributed by atoms with Crippen molar-refractivity contribution >= 4 is 11.9 Å². The molecule has 30 heavy (non-hydrogen) atoms. The number of carbonyl (C=O) groups is 2. The lowest BCUT2D eigenvalue weighted by Crippen LogP contribution is -2.48. The lowest BCUT2D eigenvalue weighted by molar-refractivity contribution is 0.101. The van der Waals surface area contributed by atoms with Crippen molar-refractivity contribution in [1.29, 1.82) is 0 Å². The molecule has 0 saturated heterocycles. The average molecular weight is 402 g/mol. The molecule has 2 aliphatic rings. The highest BCUT2D eigenvalue weighted by Gasteiger charge is 2.36. The number of ketones is 1. The summed E-state index contributed by atoms with van der Waals surface area (Å²) in [6.45, 7) is 1.75. The monoisotopic (exact) mass is 402 g/mol. The zero-order valence-electron chi connectivity index (χ0n) is 16.6. The second-order valence-corrected chi connectivity index (χ2v) is 7.86. The maximum atomic E-state index is 12.5. The topological polar surface area (TPSA) is 86.1 Å². The van der Waals surface area contributed by atoms with Crippen molar-refractivity contribution in [3.63, 3.8) is 0 Å². The minimum absolute atomic E-state index is 0.00826. The van der Waals surface area contributed by atoms with Crippen molar-refractivity contribution < 1.29 is 14.3 Å². The molecule has 1 fully saturated rings. The number of hydrogen-bond acceptors (Lipinski definition) is 5. The van der Waals surface area contributed by atoms with Gasteiger partial charge in [0.05, 0.1) is 18.3 Å². The quantitative estimate of drug-likeness (QED) is 0.658. The summed E-state index contributed by atoms with van der Waals surface area (Å²) in [6, 6.07) is 16.4. The first kappa shape index (κ1) is 18.5. The predicted octanol–water partition coefficient (Wildman–Crippen LogP) is 3.72. The molecule has 2 aromatic carbocycles. The Morgan fingerprint density at radius 3 is 2.30 bits per heavy atom. The van der Waals surface area contributed by atoms with Crippen LogP contribution in [0.4, 0.5) is 4.79 Å². The van der Waals surface area contributed by atoms with E-state index in [1.165, 1.54) is 29.2 Å². The lowest BCUT2D eigenvalue weighted by atomic mass is 9.86.